The molecule has 0 saturated carbocycles. The summed E-state index contributed by atoms with van der Waals surface area (Å²) >= 11 is 0. The molecule has 1 heteroatoms. The molecule has 23 heavy (non-hydrogen) atoms. The fourth-order valence-corrected chi connectivity index (χ4v) is 2.39. The maximum absolute atomic E-state index is 9.07. The molecule has 0 aliphatic heterocycles. The molecule has 1 nitrogen and oxygen atoms in total. The van der Waals surface area contributed by atoms with Gasteiger partial charge in [-0.05, 0) is 56.9 Å². The van der Waals surface area contributed by atoms with Crippen molar-refractivity contribution in [3.8, 4) is 0 Å². The van der Waals surface area contributed by atoms with Gasteiger partial charge in [0.15, 0.2) is 0 Å². The van der Waals surface area contributed by atoms with Crippen LogP contribution in [0.4, 0.5) is 0 Å². The Kier molecular flexibility index (Phi) is 18.1. The molecule has 0 heterocycles. The summed E-state index contributed by atoms with van der Waals surface area (Å²) in [5.41, 5.74) is 1.19. The Hall–Kier alpha value is -1.08. The van der Waals surface area contributed by atoms with Crippen LogP contribution < -0.4 is 0 Å². The average Bonchev–Trinajstić information content (AvgIpc) is 2.58. The maximum Gasteiger partial charge on any atom is 0.0641 e. The minimum atomic E-state index is 0.230. The topological polar surface area (TPSA) is 20.2 Å². The summed E-state index contributed by atoms with van der Waals surface area (Å²) in [6.07, 6.45) is 28.9. The molecule has 132 valence electrons. The highest BCUT2D eigenvalue weighted by Crippen LogP contribution is 2.10. The van der Waals surface area contributed by atoms with E-state index in [1.54, 1.807) is 0 Å². The quantitative estimate of drug-likeness (QED) is 0.257. The van der Waals surface area contributed by atoms with Gasteiger partial charge in [-0.15, -0.1) is 0 Å². The lowest BCUT2D eigenvalue weighted by atomic mass is 10.1. The summed E-state index contributed by atoms with van der Waals surface area (Å²) in [4.78, 5) is 0. The zero-order valence-electron chi connectivity index (χ0n) is 15.5. The van der Waals surface area contributed by atoms with Crippen molar-refractivity contribution in [2.75, 3.05) is 6.61 Å². The van der Waals surface area contributed by atoms with Crippen LogP contribution in [0.1, 0.15) is 84.5 Å². The second-order valence-corrected chi connectivity index (χ2v) is 6.01. The van der Waals surface area contributed by atoms with Crippen molar-refractivity contribution >= 4 is 0 Å². The number of aliphatic hydroxyl groups excluding tert-OH is 1. The summed E-state index contributed by atoms with van der Waals surface area (Å²) in [7, 11) is 0. The van der Waals surface area contributed by atoms with Gasteiger partial charge in [0.1, 0.15) is 0 Å². The Balaban J connectivity index is 3.34. The van der Waals surface area contributed by atoms with Crippen molar-refractivity contribution in [3.05, 3.63) is 48.1 Å². The van der Waals surface area contributed by atoms with Gasteiger partial charge in [0.25, 0.3) is 0 Å². The first-order valence-corrected chi connectivity index (χ1v) is 9.58. The van der Waals surface area contributed by atoms with E-state index in [0.29, 0.717) is 0 Å². The molecular formula is C22H38O. The van der Waals surface area contributed by atoms with E-state index in [1.165, 1.54) is 44.1 Å². The van der Waals surface area contributed by atoms with E-state index < -0.39 is 0 Å². The Labute approximate surface area is 144 Å². The molecule has 0 amide bonds. The number of allylic oxidation sites excluding steroid dienone is 7. The van der Waals surface area contributed by atoms with Gasteiger partial charge in [-0.2, -0.15) is 0 Å². The third kappa shape index (κ3) is 17.1. The predicted molar refractivity (Wildman–Crippen MR) is 105 cm³/mol. The van der Waals surface area contributed by atoms with Crippen LogP contribution in [0.15, 0.2) is 48.1 Å². The van der Waals surface area contributed by atoms with E-state index >= 15 is 0 Å². The second kappa shape index (κ2) is 19.0. The van der Waals surface area contributed by atoms with Gasteiger partial charge in [-0.25, -0.2) is 0 Å². The van der Waals surface area contributed by atoms with E-state index in [0.717, 1.165) is 32.1 Å². The molecule has 0 aromatic carbocycles. The molecule has 0 radical (unpaired) electrons. The lowest BCUT2D eigenvalue weighted by molar-refractivity contribution is 0.327. The van der Waals surface area contributed by atoms with Crippen LogP contribution in [0.2, 0.25) is 0 Å². The molecule has 0 spiro atoms. The van der Waals surface area contributed by atoms with Crippen molar-refractivity contribution in [3.63, 3.8) is 0 Å². The standard InChI is InChI=1S/C22H38O/c1-3-5-6-7-8-9-10-11-12-13-14-15-16-17-18-19-20-22(4-2)21-23/h5-6,8-9,11-12,20,23H,3-4,7,10,13-19,21H2,1-2H3/b6-5-,9-8-,12-11-,22-20-. The van der Waals surface area contributed by atoms with E-state index in [-0.39, 0.29) is 6.61 Å². The number of rotatable bonds is 15. The van der Waals surface area contributed by atoms with E-state index in [9.17, 15) is 0 Å². The number of aliphatic hydroxyl groups is 1. The lowest BCUT2D eigenvalue weighted by Gasteiger charge is -2.01. The van der Waals surface area contributed by atoms with E-state index in [2.05, 4.69) is 56.4 Å². The normalized spacial score (nSPS) is 13.1. The minimum Gasteiger partial charge on any atom is -0.392 e. The Morgan fingerprint density at radius 2 is 1.26 bits per heavy atom. The molecule has 0 saturated heterocycles. The molecule has 0 bridgehead atoms. The van der Waals surface area contributed by atoms with Crippen molar-refractivity contribution in [1.82, 2.24) is 0 Å². The van der Waals surface area contributed by atoms with Gasteiger partial charge in [0, 0.05) is 0 Å². The van der Waals surface area contributed by atoms with Crippen molar-refractivity contribution < 1.29 is 5.11 Å². The average molecular weight is 319 g/mol. The third-order valence-corrected chi connectivity index (χ3v) is 3.95. The van der Waals surface area contributed by atoms with Crippen molar-refractivity contribution in [2.45, 2.75) is 84.5 Å². The SMILES string of the molecule is CC/C=C\C/C=C\C/C=C\CCCCCCC/C=C(/CC)CO. The summed E-state index contributed by atoms with van der Waals surface area (Å²) in [5, 5.41) is 9.07. The zero-order chi connectivity index (χ0) is 17.0. The molecule has 0 atom stereocenters. The fraction of sp³-hybridized carbons (Fsp3) is 0.636. The number of unbranched alkanes of at least 4 members (excludes halogenated alkanes) is 6. The highest BCUT2D eigenvalue weighted by molar-refractivity contribution is 5.00. The van der Waals surface area contributed by atoms with Crippen LogP contribution in [0.25, 0.3) is 0 Å². The number of hydrogen-bond donors (Lipinski definition) is 1. The van der Waals surface area contributed by atoms with Crippen LogP contribution in [0, 0.1) is 0 Å². The second-order valence-electron chi connectivity index (χ2n) is 6.01. The molecule has 0 fully saturated rings. The summed E-state index contributed by atoms with van der Waals surface area (Å²) in [5.74, 6) is 0. The molecule has 0 aromatic rings. The van der Waals surface area contributed by atoms with Gasteiger partial charge in [0.05, 0.1) is 6.61 Å². The zero-order valence-corrected chi connectivity index (χ0v) is 15.5. The molecular weight excluding hydrogens is 280 g/mol. The van der Waals surface area contributed by atoms with Gasteiger partial charge in [0.2, 0.25) is 0 Å². The van der Waals surface area contributed by atoms with Gasteiger partial charge in [-0.3, -0.25) is 0 Å². The Morgan fingerprint density at radius 3 is 1.87 bits per heavy atom. The first-order valence-electron chi connectivity index (χ1n) is 9.58. The molecule has 0 aliphatic carbocycles. The minimum absolute atomic E-state index is 0.230. The Bertz CT molecular complexity index is 341. The molecule has 0 unspecified atom stereocenters. The summed E-state index contributed by atoms with van der Waals surface area (Å²) < 4.78 is 0. The first kappa shape index (κ1) is 21.9. The number of hydrogen-bond acceptors (Lipinski definition) is 1. The monoisotopic (exact) mass is 318 g/mol. The van der Waals surface area contributed by atoms with E-state index in [4.69, 9.17) is 5.11 Å². The lowest BCUT2D eigenvalue weighted by Crippen LogP contribution is -1.88. The van der Waals surface area contributed by atoms with Gasteiger partial charge >= 0.3 is 0 Å². The highest BCUT2D eigenvalue weighted by Gasteiger charge is 1.92. The van der Waals surface area contributed by atoms with Crippen LogP contribution in [-0.2, 0) is 0 Å². The summed E-state index contributed by atoms with van der Waals surface area (Å²) in [6.45, 7) is 4.50. The Morgan fingerprint density at radius 1 is 0.696 bits per heavy atom. The van der Waals surface area contributed by atoms with Crippen LogP contribution in [0.3, 0.4) is 0 Å². The maximum atomic E-state index is 9.07. The molecule has 0 aliphatic rings. The third-order valence-electron chi connectivity index (χ3n) is 3.95. The summed E-state index contributed by atoms with van der Waals surface area (Å²) in [6, 6.07) is 0. The predicted octanol–water partition coefficient (Wildman–Crippen LogP) is 6.90. The van der Waals surface area contributed by atoms with Crippen molar-refractivity contribution in [2.24, 2.45) is 0 Å². The van der Waals surface area contributed by atoms with Crippen LogP contribution in [-0.4, -0.2) is 11.7 Å². The highest BCUT2D eigenvalue weighted by atomic mass is 16.3. The fourth-order valence-electron chi connectivity index (χ4n) is 2.39. The van der Waals surface area contributed by atoms with Gasteiger partial charge in [-0.1, -0.05) is 75.6 Å². The molecule has 0 rings (SSSR count). The molecule has 1 N–H and O–H groups in total. The largest absolute Gasteiger partial charge is 0.392 e. The van der Waals surface area contributed by atoms with Crippen LogP contribution >= 0.6 is 0 Å². The molecule has 0 aromatic heterocycles. The van der Waals surface area contributed by atoms with E-state index in [1.807, 2.05) is 0 Å². The van der Waals surface area contributed by atoms with Crippen molar-refractivity contribution in [1.29, 1.82) is 0 Å². The smallest absolute Gasteiger partial charge is 0.0641 e. The van der Waals surface area contributed by atoms with Crippen LogP contribution in [0.5, 0.6) is 0 Å². The van der Waals surface area contributed by atoms with Gasteiger partial charge < -0.3 is 5.11 Å². The first-order chi connectivity index (χ1) is 11.3.